The summed E-state index contributed by atoms with van der Waals surface area (Å²) in [4.78, 5) is 22.9. The lowest BCUT2D eigenvalue weighted by Gasteiger charge is -2.32. The van der Waals surface area contributed by atoms with Crippen LogP contribution < -0.4 is 16.4 Å². The third-order valence-electron chi connectivity index (χ3n) is 4.07. The highest BCUT2D eigenvalue weighted by Crippen LogP contribution is 2.31. The van der Waals surface area contributed by atoms with E-state index in [0.717, 1.165) is 18.4 Å². The van der Waals surface area contributed by atoms with Crippen LogP contribution in [-0.4, -0.2) is 31.4 Å². The molecule has 0 aliphatic carbocycles. The summed E-state index contributed by atoms with van der Waals surface area (Å²) in [6.07, 6.45) is 1.78. The molecule has 1 rings (SSSR count). The number of nitrogens with one attached hydrogen (secondary N) is 2. The van der Waals surface area contributed by atoms with Gasteiger partial charge in [0.1, 0.15) is 0 Å². The Morgan fingerprint density at radius 2 is 1.65 bits per heavy atom. The van der Waals surface area contributed by atoms with Gasteiger partial charge in [0.25, 0.3) is 0 Å². The van der Waals surface area contributed by atoms with Crippen molar-refractivity contribution in [2.24, 2.45) is 5.73 Å². The Bertz CT molecular complexity index is 503. The lowest BCUT2D eigenvalue weighted by Crippen LogP contribution is -2.45. The summed E-state index contributed by atoms with van der Waals surface area (Å²) in [5, 5.41) is 6.04. The van der Waals surface area contributed by atoms with Gasteiger partial charge in [-0.3, -0.25) is 9.59 Å². The Hall–Kier alpha value is -1.30. The molecule has 0 saturated carbocycles. The molecule has 0 bridgehead atoms. The molecular weight excluding hydrogens is 337 g/mol. The Labute approximate surface area is 148 Å². The molecule has 1 aromatic carbocycles. The van der Waals surface area contributed by atoms with Crippen molar-refractivity contribution in [3.05, 3.63) is 34.9 Å². The molecule has 23 heavy (non-hydrogen) atoms. The maximum Gasteiger partial charge on any atom is 0.239 e. The predicted molar refractivity (Wildman–Crippen MR) is 96.0 cm³/mol. The largest absolute Gasteiger partial charge is 0.354 e. The van der Waals surface area contributed by atoms with Crippen LogP contribution >= 0.6 is 24.0 Å². The van der Waals surface area contributed by atoms with Gasteiger partial charge in [0.15, 0.2) is 0 Å². The molecule has 0 saturated heterocycles. The van der Waals surface area contributed by atoms with Crippen LogP contribution in [0.2, 0.25) is 5.02 Å². The lowest BCUT2D eigenvalue weighted by molar-refractivity contribution is -0.125. The van der Waals surface area contributed by atoms with Crippen molar-refractivity contribution in [3.8, 4) is 0 Å². The Balaban J connectivity index is 0.00000484. The first kappa shape index (κ1) is 21.7. The van der Waals surface area contributed by atoms with Gasteiger partial charge in [0.2, 0.25) is 11.8 Å². The minimum atomic E-state index is -0.343. The van der Waals surface area contributed by atoms with Crippen molar-refractivity contribution < 1.29 is 9.59 Å². The van der Waals surface area contributed by atoms with E-state index in [2.05, 4.69) is 24.5 Å². The number of carbonyl (C=O) groups is 2. The number of rotatable bonds is 8. The van der Waals surface area contributed by atoms with Crippen LogP contribution in [0.1, 0.15) is 32.3 Å². The summed E-state index contributed by atoms with van der Waals surface area (Å²) >= 11 is 5.94. The third-order valence-corrected chi connectivity index (χ3v) is 4.32. The van der Waals surface area contributed by atoms with Gasteiger partial charge < -0.3 is 16.4 Å². The number of hydrogen-bond acceptors (Lipinski definition) is 3. The zero-order valence-corrected chi connectivity index (χ0v) is 15.1. The number of carbonyl (C=O) groups excluding carboxylic acids is 2. The van der Waals surface area contributed by atoms with E-state index in [1.165, 1.54) is 0 Å². The normalized spacial score (nSPS) is 10.6. The minimum Gasteiger partial charge on any atom is -0.354 e. The summed E-state index contributed by atoms with van der Waals surface area (Å²) < 4.78 is 0. The maximum absolute atomic E-state index is 11.8. The van der Waals surface area contributed by atoms with Gasteiger partial charge in [0.05, 0.1) is 13.1 Å². The molecule has 1 aromatic rings. The molecule has 0 spiro atoms. The fraction of sp³-hybridized carbons (Fsp3) is 0.500. The Kier molecular flexibility index (Phi) is 9.88. The van der Waals surface area contributed by atoms with E-state index in [9.17, 15) is 9.59 Å². The van der Waals surface area contributed by atoms with Gasteiger partial charge in [-0.05, 0) is 30.5 Å². The number of halogens is 2. The first-order chi connectivity index (χ1) is 10.5. The van der Waals surface area contributed by atoms with E-state index >= 15 is 0 Å². The molecule has 130 valence electrons. The molecule has 0 radical (unpaired) electrons. The summed E-state index contributed by atoms with van der Waals surface area (Å²) in [7, 11) is 0. The van der Waals surface area contributed by atoms with Gasteiger partial charge in [0, 0.05) is 17.0 Å². The first-order valence-electron chi connectivity index (χ1n) is 7.47. The van der Waals surface area contributed by atoms with Gasteiger partial charge in [-0.2, -0.15) is 0 Å². The zero-order valence-electron chi connectivity index (χ0n) is 13.5. The van der Waals surface area contributed by atoms with Gasteiger partial charge >= 0.3 is 0 Å². The smallest absolute Gasteiger partial charge is 0.239 e. The number of nitrogens with two attached hydrogens (primary N) is 1. The van der Waals surface area contributed by atoms with Crippen LogP contribution in [0.15, 0.2) is 24.3 Å². The highest BCUT2D eigenvalue weighted by Gasteiger charge is 2.28. The lowest BCUT2D eigenvalue weighted by atomic mass is 9.76. The van der Waals surface area contributed by atoms with Gasteiger partial charge in [-0.15, -0.1) is 12.4 Å². The molecule has 7 heteroatoms. The van der Waals surface area contributed by atoms with Crippen LogP contribution in [0.25, 0.3) is 0 Å². The quantitative estimate of drug-likeness (QED) is 0.661. The second-order valence-electron chi connectivity index (χ2n) is 5.25. The van der Waals surface area contributed by atoms with Crippen LogP contribution in [-0.2, 0) is 15.0 Å². The number of hydrogen-bond donors (Lipinski definition) is 3. The summed E-state index contributed by atoms with van der Waals surface area (Å²) in [6.45, 7) is 4.53. The average Bonchev–Trinajstić information content (AvgIpc) is 2.55. The molecule has 4 N–H and O–H groups in total. The monoisotopic (exact) mass is 361 g/mol. The zero-order chi connectivity index (χ0) is 16.6. The Morgan fingerprint density at radius 3 is 2.13 bits per heavy atom. The molecule has 0 atom stereocenters. The molecule has 0 unspecified atom stereocenters. The molecule has 0 aliphatic rings. The molecule has 0 aliphatic heterocycles. The molecular formula is C16H25Cl2N3O2. The van der Waals surface area contributed by atoms with Crippen molar-refractivity contribution in [1.82, 2.24) is 10.6 Å². The second-order valence-corrected chi connectivity index (χ2v) is 5.69. The fourth-order valence-corrected chi connectivity index (χ4v) is 2.52. The number of amides is 2. The van der Waals surface area contributed by atoms with E-state index in [4.69, 9.17) is 17.3 Å². The third kappa shape index (κ3) is 6.37. The van der Waals surface area contributed by atoms with E-state index in [0.29, 0.717) is 11.6 Å². The van der Waals surface area contributed by atoms with E-state index < -0.39 is 0 Å². The van der Waals surface area contributed by atoms with E-state index in [1.807, 2.05) is 24.3 Å². The van der Waals surface area contributed by atoms with Crippen molar-refractivity contribution >= 4 is 35.8 Å². The maximum atomic E-state index is 11.8. The van der Waals surface area contributed by atoms with Crippen molar-refractivity contribution in [1.29, 1.82) is 0 Å². The molecule has 2 amide bonds. The van der Waals surface area contributed by atoms with Crippen molar-refractivity contribution in [2.45, 2.75) is 32.1 Å². The molecule has 5 nitrogen and oxygen atoms in total. The molecule has 0 fully saturated rings. The Morgan fingerprint density at radius 1 is 1.09 bits per heavy atom. The van der Waals surface area contributed by atoms with Gasteiger partial charge in [-0.25, -0.2) is 0 Å². The van der Waals surface area contributed by atoms with E-state index in [-0.39, 0.29) is 42.7 Å². The van der Waals surface area contributed by atoms with Crippen LogP contribution in [0, 0.1) is 0 Å². The van der Waals surface area contributed by atoms with Crippen molar-refractivity contribution in [3.63, 3.8) is 0 Å². The highest BCUT2D eigenvalue weighted by molar-refractivity contribution is 6.30. The molecule has 0 aromatic heterocycles. The SMILES string of the molecule is CCC(CC)(CNC(=O)CNC(=O)CN)c1ccc(Cl)cc1.Cl. The average molecular weight is 362 g/mol. The minimum absolute atomic E-state index is 0. The fourth-order valence-electron chi connectivity index (χ4n) is 2.40. The van der Waals surface area contributed by atoms with Gasteiger partial charge in [-0.1, -0.05) is 37.6 Å². The summed E-state index contributed by atoms with van der Waals surface area (Å²) in [5.41, 5.74) is 6.18. The second kappa shape index (κ2) is 10.5. The standard InChI is InChI=1S/C16H24ClN3O2.ClH/c1-3-16(4-2,12-5-7-13(17)8-6-12)11-20-15(22)10-19-14(21)9-18;/h5-8H,3-4,9-11,18H2,1-2H3,(H,19,21)(H,20,22);1H. The topological polar surface area (TPSA) is 84.2 Å². The summed E-state index contributed by atoms with van der Waals surface area (Å²) in [5.74, 6) is -0.563. The van der Waals surface area contributed by atoms with Crippen LogP contribution in [0.3, 0.4) is 0 Å². The van der Waals surface area contributed by atoms with Crippen molar-refractivity contribution in [2.75, 3.05) is 19.6 Å². The van der Waals surface area contributed by atoms with Crippen LogP contribution in [0.4, 0.5) is 0 Å². The predicted octanol–water partition coefficient (Wildman–Crippen LogP) is 2.01. The highest BCUT2D eigenvalue weighted by atomic mass is 35.5. The van der Waals surface area contributed by atoms with E-state index in [1.54, 1.807) is 0 Å². The summed E-state index contributed by atoms with van der Waals surface area (Å²) in [6, 6.07) is 7.72. The van der Waals surface area contributed by atoms with Crippen LogP contribution in [0.5, 0.6) is 0 Å². The number of benzene rings is 1. The molecule has 0 heterocycles. The first-order valence-corrected chi connectivity index (χ1v) is 7.84.